The van der Waals surface area contributed by atoms with Gasteiger partial charge in [0, 0.05) is 0 Å². The summed E-state index contributed by atoms with van der Waals surface area (Å²) in [5.41, 5.74) is 2.78. The maximum Gasteiger partial charge on any atom is 0.344 e. The predicted octanol–water partition coefficient (Wildman–Crippen LogP) is 7.34. The molecule has 0 spiro atoms. The summed E-state index contributed by atoms with van der Waals surface area (Å²) >= 11 is 0. The number of benzene rings is 2. The molecule has 2 aromatic rings. The summed E-state index contributed by atoms with van der Waals surface area (Å²) in [6.07, 6.45) is 11.5. The molecule has 3 aliphatic carbocycles. The van der Waals surface area contributed by atoms with Crippen molar-refractivity contribution in [3.05, 3.63) is 57.7 Å². The van der Waals surface area contributed by atoms with Gasteiger partial charge >= 0.3 is 5.97 Å². The number of esters is 1. The lowest BCUT2D eigenvalue weighted by molar-refractivity contribution is 0.0713. The van der Waals surface area contributed by atoms with Gasteiger partial charge < -0.3 is 9.29 Å². The lowest BCUT2D eigenvalue weighted by Crippen LogP contribution is -2.20. The molecular weight excluding hydrogens is 524 g/mol. The van der Waals surface area contributed by atoms with Gasteiger partial charge in [0.1, 0.15) is 15.0 Å². The highest BCUT2D eigenvalue weighted by Crippen LogP contribution is 2.46. The molecule has 0 aromatic heterocycles. The van der Waals surface area contributed by atoms with E-state index in [2.05, 4.69) is 0 Å². The van der Waals surface area contributed by atoms with Gasteiger partial charge in [0.2, 0.25) is 17.4 Å². The summed E-state index contributed by atoms with van der Waals surface area (Å²) < 4.78 is 96.7. The van der Waals surface area contributed by atoms with Crippen molar-refractivity contribution in [2.24, 2.45) is 0 Å². The molecule has 5 nitrogen and oxygen atoms in total. The average molecular weight is 554 g/mol. The number of carbonyl (C=O) groups is 1. The van der Waals surface area contributed by atoms with E-state index < -0.39 is 50.0 Å². The molecule has 10 heteroatoms. The summed E-state index contributed by atoms with van der Waals surface area (Å²) in [5, 5.41) is 0. The van der Waals surface area contributed by atoms with Crippen molar-refractivity contribution in [3.63, 3.8) is 0 Å². The first-order valence-electron chi connectivity index (χ1n) is 13.3. The molecule has 0 N–H and O–H groups in total. The van der Waals surface area contributed by atoms with Crippen molar-refractivity contribution in [3.8, 4) is 5.75 Å². The van der Waals surface area contributed by atoms with Crippen molar-refractivity contribution in [1.82, 2.24) is 0 Å². The molecule has 0 saturated heterocycles. The summed E-state index contributed by atoms with van der Waals surface area (Å²) in [6.45, 7) is 0. The van der Waals surface area contributed by atoms with E-state index in [0.717, 1.165) is 93.7 Å². The van der Waals surface area contributed by atoms with Crippen LogP contribution in [0.2, 0.25) is 0 Å². The molecule has 3 aliphatic rings. The second kappa shape index (κ2) is 10.6. The second-order valence-electron chi connectivity index (χ2n) is 10.8. The standard InChI is InChI=1S/C28H30F4O5S/c29-22-24(31)27(38(34,35)36)25(32)23(30)26(22)37-28(33)21-19(16-9-3-4-10-16)13-18(15-7-1-2-8-15)14-20(21)17-11-5-6-12-17/h13-17H,1-12H2,(H,34,35,36)/p-1. The van der Waals surface area contributed by atoms with Crippen molar-refractivity contribution in [1.29, 1.82) is 0 Å². The molecule has 5 rings (SSSR count). The van der Waals surface area contributed by atoms with Crippen molar-refractivity contribution >= 4 is 16.1 Å². The maximum atomic E-state index is 14.7. The van der Waals surface area contributed by atoms with E-state index in [9.17, 15) is 35.3 Å². The molecule has 2 aromatic carbocycles. The van der Waals surface area contributed by atoms with Crippen LogP contribution < -0.4 is 4.74 Å². The van der Waals surface area contributed by atoms with Crippen LogP contribution in [0.3, 0.4) is 0 Å². The number of rotatable bonds is 6. The Morgan fingerprint density at radius 2 is 1.11 bits per heavy atom. The van der Waals surface area contributed by atoms with Gasteiger partial charge in [-0.3, -0.25) is 0 Å². The van der Waals surface area contributed by atoms with E-state index in [0.29, 0.717) is 5.92 Å². The lowest BCUT2D eigenvalue weighted by Gasteiger charge is -2.25. The van der Waals surface area contributed by atoms with Gasteiger partial charge in [0.25, 0.3) is 0 Å². The van der Waals surface area contributed by atoms with E-state index in [-0.39, 0.29) is 17.4 Å². The van der Waals surface area contributed by atoms with Gasteiger partial charge in [-0.25, -0.2) is 22.0 Å². The molecule has 3 fully saturated rings. The maximum absolute atomic E-state index is 14.7. The highest BCUT2D eigenvalue weighted by Gasteiger charge is 2.35. The second-order valence-corrected chi connectivity index (χ2v) is 12.1. The predicted molar refractivity (Wildman–Crippen MR) is 129 cm³/mol. The fourth-order valence-electron chi connectivity index (χ4n) is 6.60. The SMILES string of the molecule is O=C(Oc1c(F)c(F)c(S(=O)(=O)[O-])c(F)c1F)c1c(C2CCCC2)cc(C2CCCC2)cc1C1CCCC1. The van der Waals surface area contributed by atoms with Gasteiger partial charge in [-0.15, -0.1) is 0 Å². The van der Waals surface area contributed by atoms with Gasteiger partial charge in [-0.05, 0) is 73.0 Å². The molecule has 38 heavy (non-hydrogen) atoms. The summed E-state index contributed by atoms with van der Waals surface area (Å²) in [4.78, 5) is 11.3. The number of halogens is 4. The number of hydrogen-bond donors (Lipinski definition) is 0. The van der Waals surface area contributed by atoms with Crippen molar-refractivity contribution in [2.75, 3.05) is 0 Å². The molecular formula is C28H29F4O5S-. The van der Waals surface area contributed by atoms with Crippen LogP contribution in [-0.4, -0.2) is 18.9 Å². The quantitative estimate of drug-likeness (QED) is 0.123. The van der Waals surface area contributed by atoms with Crippen LogP contribution >= 0.6 is 0 Å². The number of ether oxygens (including phenoxy) is 1. The van der Waals surface area contributed by atoms with Gasteiger partial charge in [0.05, 0.1) is 5.56 Å². The third-order valence-electron chi connectivity index (χ3n) is 8.47. The normalized spacial score (nSPS) is 19.5. The molecule has 0 unspecified atom stereocenters. The van der Waals surface area contributed by atoms with Gasteiger partial charge in [0.15, 0.2) is 11.6 Å². The molecule has 0 atom stereocenters. The molecule has 0 bridgehead atoms. The van der Waals surface area contributed by atoms with Crippen LogP contribution in [0.15, 0.2) is 17.0 Å². The van der Waals surface area contributed by atoms with Crippen LogP contribution in [0.4, 0.5) is 17.6 Å². The Bertz CT molecular complexity index is 1290. The fraction of sp³-hybridized carbons (Fsp3) is 0.536. The summed E-state index contributed by atoms with van der Waals surface area (Å²) in [7, 11) is -5.88. The van der Waals surface area contributed by atoms with E-state index in [1.807, 2.05) is 12.1 Å². The smallest absolute Gasteiger partial charge is 0.344 e. The molecule has 0 heterocycles. The molecule has 0 radical (unpaired) electrons. The molecule has 206 valence electrons. The minimum Gasteiger partial charge on any atom is -0.744 e. The van der Waals surface area contributed by atoms with E-state index >= 15 is 0 Å². The average Bonchev–Trinajstić information content (AvgIpc) is 3.67. The number of hydrogen-bond acceptors (Lipinski definition) is 5. The molecule has 3 saturated carbocycles. The molecule has 0 amide bonds. The minimum absolute atomic E-state index is 0.0372. The Labute approximate surface area is 219 Å². The van der Waals surface area contributed by atoms with Crippen molar-refractivity contribution < 1.29 is 40.1 Å². The fourth-order valence-corrected chi connectivity index (χ4v) is 7.22. The van der Waals surface area contributed by atoms with Crippen LogP contribution in [0.5, 0.6) is 5.75 Å². The minimum atomic E-state index is -5.88. The van der Waals surface area contributed by atoms with E-state index in [1.165, 1.54) is 0 Å². The Balaban J connectivity index is 1.64. The highest BCUT2D eigenvalue weighted by molar-refractivity contribution is 7.85. The third-order valence-corrected chi connectivity index (χ3v) is 9.33. The van der Waals surface area contributed by atoms with Crippen molar-refractivity contribution in [2.45, 2.75) is 99.7 Å². The highest BCUT2D eigenvalue weighted by atomic mass is 32.2. The Morgan fingerprint density at radius 1 is 0.711 bits per heavy atom. The first-order valence-corrected chi connectivity index (χ1v) is 14.7. The van der Waals surface area contributed by atoms with Crippen LogP contribution in [0, 0.1) is 23.3 Å². The van der Waals surface area contributed by atoms with Gasteiger partial charge in [-0.2, -0.15) is 8.78 Å². The Morgan fingerprint density at radius 3 is 1.50 bits per heavy atom. The van der Waals surface area contributed by atoms with E-state index in [1.54, 1.807) is 0 Å². The largest absolute Gasteiger partial charge is 0.744 e. The lowest BCUT2D eigenvalue weighted by atomic mass is 9.81. The summed E-state index contributed by atoms with van der Waals surface area (Å²) in [5.74, 6) is -11.8. The zero-order valence-electron chi connectivity index (χ0n) is 20.8. The van der Waals surface area contributed by atoms with Gasteiger partial charge in [-0.1, -0.05) is 50.7 Å². The number of carbonyl (C=O) groups excluding carboxylic acids is 1. The zero-order chi connectivity index (χ0) is 27.2. The van der Waals surface area contributed by atoms with Crippen LogP contribution in [0.1, 0.15) is 122 Å². The Hall–Kier alpha value is -2.46. The van der Waals surface area contributed by atoms with E-state index in [4.69, 9.17) is 4.74 Å². The molecule has 0 aliphatic heterocycles. The first-order chi connectivity index (χ1) is 18.1. The summed E-state index contributed by atoms with van der Waals surface area (Å²) in [6, 6.07) is 4.00. The van der Waals surface area contributed by atoms with Crippen LogP contribution in [0.25, 0.3) is 0 Å². The van der Waals surface area contributed by atoms with Crippen LogP contribution in [-0.2, 0) is 10.1 Å². The third kappa shape index (κ3) is 4.97. The zero-order valence-corrected chi connectivity index (χ0v) is 21.6. The first kappa shape index (κ1) is 27.1. The topological polar surface area (TPSA) is 83.5 Å². The Kier molecular flexibility index (Phi) is 7.57. The monoisotopic (exact) mass is 553 g/mol.